The number of halogens is 1. The molecule has 1 saturated heterocycles. The molecule has 1 heterocycles. The van der Waals surface area contributed by atoms with Crippen LogP contribution in [0.25, 0.3) is 0 Å². The molecule has 0 N–H and O–H groups in total. The predicted octanol–water partition coefficient (Wildman–Crippen LogP) is 3.13. The van der Waals surface area contributed by atoms with E-state index in [0.29, 0.717) is 18.0 Å². The first-order chi connectivity index (χ1) is 13.6. The van der Waals surface area contributed by atoms with Crippen molar-refractivity contribution in [3.05, 3.63) is 64.0 Å². The van der Waals surface area contributed by atoms with Gasteiger partial charge >= 0.3 is 0 Å². The van der Waals surface area contributed by atoms with Crippen LogP contribution in [0.5, 0.6) is 0 Å². The Balaban J connectivity index is 1.72. The van der Waals surface area contributed by atoms with Crippen LogP contribution in [0.1, 0.15) is 27.8 Å². The topological polar surface area (TPSA) is 57.7 Å². The van der Waals surface area contributed by atoms with Crippen molar-refractivity contribution in [1.29, 1.82) is 0 Å². The maximum Gasteiger partial charge on any atom is 0.243 e. The van der Waals surface area contributed by atoms with E-state index >= 15 is 0 Å². The number of rotatable bonds is 4. The lowest BCUT2D eigenvalue weighted by atomic mass is 10.0. The number of amides is 1. The number of piperazine rings is 1. The monoisotopic (exact) mass is 418 g/mol. The fraction of sp³-hybridized carbons (Fsp3) is 0.409. The summed E-state index contributed by atoms with van der Waals surface area (Å²) < 4.78 is 41.1. The van der Waals surface area contributed by atoms with Crippen molar-refractivity contribution >= 4 is 15.9 Å². The Morgan fingerprint density at radius 1 is 0.931 bits per heavy atom. The van der Waals surface area contributed by atoms with E-state index in [-0.39, 0.29) is 31.2 Å². The van der Waals surface area contributed by atoms with Crippen LogP contribution in [0.15, 0.2) is 35.2 Å². The summed E-state index contributed by atoms with van der Waals surface area (Å²) in [5, 5.41) is 0. The van der Waals surface area contributed by atoms with Gasteiger partial charge in [-0.25, -0.2) is 12.8 Å². The summed E-state index contributed by atoms with van der Waals surface area (Å²) in [7, 11) is -3.63. The van der Waals surface area contributed by atoms with Gasteiger partial charge in [0.15, 0.2) is 0 Å². The van der Waals surface area contributed by atoms with E-state index in [4.69, 9.17) is 0 Å². The standard InChI is InChI=1S/C22H27FN2O3S/c1-15-13-16(2)18(4)22(17(15)3)29(27,28)25-11-9-24(10-12-25)21(26)14-19-5-7-20(23)8-6-19/h5-8,13H,9-12,14H2,1-4H3. The first-order valence-corrected chi connectivity index (χ1v) is 11.1. The second kappa shape index (κ2) is 8.24. The third-order valence-corrected chi connectivity index (χ3v) is 7.93. The van der Waals surface area contributed by atoms with Gasteiger partial charge in [0.25, 0.3) is 0 Å². The maximum atomic E-state index is 13.3. The van der Waals surface area contributed by atoms with Crippen LogP contribution in [0, 0.1) is 33.5 Å². The largest absolute Gasteiger partial charge is 0.340 e. The van der Waals surface area contributed by atoms with Gasteiger partial charge in [0.2, 0.25) is 15.9 Å². The number of benzene rings is 2. The predicted molar refractivity (Wildman–Crippen MR) is 111 cm³/mol. The molecule has 29 heavy (non-hydrogen) atoms. The number of sulfonamides is 1. The highest BCUT2D eigenvalue weighted by Gasteiger charge is 2.32. The summed E-state index contributed by atoms with van der Waals surface area (Å²) >= 11 is 0. The van der Waals surface area contributed by atoms with E-state index in [1.807, 2.05) is 33.8 Å². The second-order valence-electron chi connectivity index (χ2n) is 7.68. The zero-order valence-corrected chi connectivity index (χ0v) is 18.1. The minimum atomic E-state index is -3.63. The maximum absolute atomic E-state index is 13.3. The van der Waals surface area contributed by atoms with Crippen LogP contribution < -0.4 is 0 Å². The Labute approximate surface area is 172 Å². The molecule has 3 rings (SSSR count). The number of carbonyl (C=O) groups is 1. The van der Waals surface area contributed by atoms with Crippen molar-refractivity contribution in [3.8, 4) is 0 Å². The van der Waals surface area contributed by atoms with Gasteiger partial charge in [-0.1, -0.05) is 18.2 Å². The van der Waals surface area contributed by atoms with Crippen molar-refractivity contribution in [1.82, 2.24) is 9.21 Å². The van der Waals surface area contributed by atoms with Crippen molar-refractivity contribution in [2.24, 2.45) is 0 Å². The second-order valence-corrected chi connectivity index (χ2v) is 9.55. The molecule has 1 fully saturated rings. The number of hydrogen-bond donors (Lipinski definition) is 0. The fourth-order valence-corrected chi connectivity index (χ4v) is 5.76. The van der Waals surface area contributed by atoms with Crippen LogP contribution >= 0.6 is 0 Å². The molecule has 0 atom stereocenters. The molecule has 5 nitrogen and oxygen atoms in total. The fourth-order valence-electron chi connectivity index (χ4n) is 3.76. The lowest BCUT2D eigenvalue weighted by molar-refractivity contribution is -0.131. The van der Waals surface area contributed by atoms with Gasteiger partial charge in [-0.2, -0.15) is 4.31 Å². The first kappa shape index (κ1) is 21.5. The third-order valence-electron chi connectivity index (χ3n) is 5.76. The highest BCUT2D eigenvalue weighted by Crippen LogP contribution is 2.29. The molecular formula is C22H27FN2O3S. The average Bonchev–Trinajstić information content (AvgIpc) is 2.68. The Morgan fingerprint density at radius 3 is 1.97 bits per heavy atom. The van der Waals surface area contributed by atoms with Crippen LogP contribution in [-0.2, 0) is 21.2 Å². The Kier molecular flexibility index (Phi) is 6.10. The van der Waals surface area contributed by atoms with E-state index in [9.17, 15) is 17.6 Å². The molecule has 0 unspecified atom stereocenters. The summed E-state index contributed by atoms with van der Waals surface area (Å²) in [6.07, 6.45) is 0.183. The molecule has 0 spiro atoms. The van der Waals surface area contributed by atoms with Gasteiger partial charge in [0.05, 0.1) is 11.3 Å². The molecule has 0 radical (unpaired) electrons. The molecule has 1 aliphatic rings. The molecule has 0 bridgehead atoms. The molecule has 2 aromatic carbocycles. The molecule has 0 saturated carbocycles. The number of aryl methyl sites for hydroxylation is 2. The highest BCUT2D eigenvalue weighted by molar-refractivity contribution is 7.89. The van der Waals surface area contributed by atoms with Gasteiger partial charge in [-0.15, -0.1) is 0 Å². The summed E-state index contributed by atoms with van der Waals surface area (Å²) in [5.74, 6) is -0.413. The molecular weight excluding hydrogens is 391 g/mol. The van der Waals surface area contributed by atoms with E-state index < -0.39 is 10.0 Å². The van der Waals surface area contributed by atoms with Crippen molar-refractivity contribution in [2.75, 3.05) is 26.2 Å². The summed E-state index contributed by atoms with van der Waals surface area (Å²) in [5.41, 5.74) is 4.22. The van der Waals surface area contributed by atoms with Gasteiger partial charge in [-0.3, -0.25) is 4.79 Å². The lowest BCUT2D eigenvalue weighted by Gasteiger charge is -2.35. The molecule has 2 aromatic rings. The van der Waals surface area contributed by atoms with Gasteiger partial charge in [0.1, 0.15) is 5.82 Å². The number of hydrogen-bond acceptors (Lipinski definition) is 3. The summed E-state index contributed by atoms with van der Waals surface area (Å²) in [4.78, 5) is 14.6. The number of nitrogens with zero attached hydrogens (tertiary/aromatic N) is 2. The van der Waals surface area contributed by atoms with Crippen LogP contribution in [0.4, 0.5) is 4.39 Å². The lowest BCUT2D eigenvalue weighted by Crippen LogP contribution is -2.51. The molecule has 0 aromatic heterocycles. The third kappa shape index (κ3) is 4.36. The van der Waals surface area contributed by atoms with Crippen LogP contribution in [0.2, 0.25) is 0 Å². The summed E-state index contributed by atoms with van der Waals surface area (Å²) in [6.45, 7) is 8.77. The Bertz CT molecular complexity index is 999. The van der Waals surface area contributed by atoms with E-state index in [2.05, 4.69) is 0 Å². The van der Waals surface area contributed by atoms with E-state index in [1.54, 1.807) is 17.0 Å². The highest BCUT2D eigenvalue weighted by atomic mass is 32.2. The van der Waals surface area contributed by atoms with Crippen molar-refractivity contribution in [2.45, 2.75) is 39.0 Å². The van der Waals surface area contributed by atoms with Crippen molar-refractivity contribution < 1.29 is 17.6 Å². The zero-order valence-electron chi connectivity index (χ0n) is 17.3. The SMILES string of the molecule is Cc1cc(C)c(C)c(S(=O)(=O)N2CCN(C(=O)Cc3ccc(F)cc3)CC2)c1C. The Hall–Kier alpha value is -2.25. The van der Waals surface area contributed by atoms with Gasteiger partial charge in [-0.05, 0) is 67.6 Å². The van der Waals surface area contributed by atoms with Crippen molar-refractivity contribution in [3.63, 3.8) is 0 Å². The minimum absolute atomic E-state index is 0.0765. The average molecular weight is 419 g/mol. The summed E-state index contributed by atoms with van der Waals surface area (Å²) in [6, 6.07) is 7.87. The molecule has 7 heteroatoms. The van der Waals surface area contributed by atoms with Gasteiger partial charge in [0, 0.05) is 26.2 Å². The van der Waals surface area contributed by atoms with Crippen LogP contribution in [-0.4, -0.2) is 49.7 Å². The normalized spacial score (nSPS) is 15.6. The van der Waals surface area contributed by atoms with Gasteiger partial charge < -0.3 is 4.90 Å². The number of carbonyl (C=O) groups excluding carboxylic acids is 1. The molecule has 156 valence electrons. The smallest absolute Gasteiger partial charge is 0.243 e. The molecule has 0 aliphatic carbocycles. The molecule has 1 amide bonds. The quantitative estimate of drug-likeness (QED) is 0.767. The van der Waals surface area contributed by atoms with E-state index in [1.165, 1.54) is 16.4 Å². The van der Waals surface area contributed by atoms with E-state index in [0.717, 1.165) is 27.8 Å². The van der Waals surface area contributed by atoms with Crippen LogP contribution in [0.3, 0.4) is 0 Å². The molecule has 1 aliphatic heterocycles. The zero-order chi connectivity index (χ0) is 21.3. The Morgan fingerprint density at radius 2 is 1.45 bits per heavy atom. The first-order valence-electron chi connectivity index (χ1n) is 9.71. The minimum Gasteiger partial charge on any atom is -0.340 e.